The Morgan fingerprint density at radius 3 is 1.75 bits per heavy atom. The summed E-state index contributed by atoms with van der Waals surface area (Å²) in [5.41, 5.74) is 18.7. The van der Waals surface area contributed by atoms with E-state index in [9.17, 15) is 19.2 Å². The van der Waals surface area contributed by atoms with E-state index in [0.717, 1.165) is 32.1 Å². The molecule has 3 aliphatic rings. The highest BCUT2D eigenvalue weighted by atomic mass is 16.6. The molecule has 10 N–H and O–H groups in total. The Morgan fingerprint density at radius 1 is 0.619 bits per heavy atom. The molecule has 0 radical (unpaired) electrons. The molecule has 0 aliphatic heterocycles. The fraction of sp³-hybridized carbons (Fsp3) is 0.878. The van der Waals surface area contributed by atoms with Crippen molar-refractivity contribution in [1.29, 1.82) is 0 Å². The largest absolute Gasteiger partial charge is 0.446 e. The second-order valence-electron chi connectivity index (χ2n) is 19.7. The van der Waals surface area contributed by atoms with Crippen molar-refractivity contribution >= 4 is 24.2 Å². The van der Waals surface area contributed by atoms with Crippen molar-refractivity contribution in [3.63, 3.8) is 0 Å². The number of amides is 4. The average molecular weight is 890 g/mol. The lowest BCUT2D eigenvalue weighted by molar-refractivity contribution is -0.135. The molecule has 0 heterocycles. The molecule has 0 aromatic rings. The number of alkyl carbamates (subject to hydrolysis) is 3. The second-order valence-corrected chi connectivity index (χ2v) is 19.7. The van der Waals surface area contributed by atoms with Gasteiger partial charge in [-0.15, -0.1) is 0 Å². The van der Waals surface area contributed by atoms with Crippen LogP contribution in [-0.2, 0) is 19.0 Å². The SMILES string of the molecule is CCCCCCCCCCCCNC(=O)CC/C(C)=C1\CC[C@H]2C3[C@H](OC(=O)NCCCN)CCCC(OC(=O)NCCCN)CCC(C)(C)[C@H]3C[C@H](OC(=O)NCCCN)[C@]12C. The maximum Gasteiger partial charge on any atom is 0.407 e. The first kappa shape index (κ1) is 54.2. The third-order valence-corrected chi connectivity index (χ3v) is 14.6. The van der Waals surface area contributed by atoms with Gasteiger partial charge < -0.3 is 52.7 Å². The van der Waals surface area contributed by atoms with Crippen molar-refractivity contribution in [2.24, 2.45) is 45.8 Å². The first-order valence-corrected chi connectivity index (χ1v) is 25.2. The van der Waals surface area contributed by atoms with Gasteiger partial charge in [-0.3, -0.25) is 4.79 Å². The fourth-order valence-electron chi connectivity index (χ4n) is 10.9. The van der Waals surface area contributed by atoms with Crippen LogP contribution in [0.3, 0.4) is 0 Å². The van der Waals surface area contributed by atoms with Crippen LogP contribution in [0.15, 0.2) is 11.1 Å². The predicted octanol–water partition coefficient (Wildman–Crippen LogP) is 8.49. The molecule has 3 aliphatic carbocycles. The van der Waals surface area contributed by atoms with E-state index in [4.69, 9.17) is 31.4 Å². The molecule has 364 valence electrons. The summed E-state index contributed by atoms with van der Waals surface area (Å²) in [6, 6.07) is 0. The van der Waals surface area contributed by atoms with Crippen LogP contribution in [0.1, 0.15) is 182 Å². The van der Waals surface area contributed by atoms with E-state index in [1.54, 1.807) is 0 Å². The van der Waals surface area contributed by atoms with Crippen LogP contribution in [0.5, 0.6) is 0 Å². The van der Waals surface area contributed by atoms with E-state index >= 15 is 0 Å². The van der Waals surface area contributed by atoms with E-state index in [-0.39, 0.29) is 35.2 Å². The van der Waals surface area contributed by atoms with Crippen molar-refractivity contribution in [2.75, 3.05) is 45.8 Å². The Labute approximate surface area is 381 Å². The van der Waals surface area contributed by atoms with Crippen molar-refractivity contribution in [3.8, 4) is 0 Å². The Bertz CT molecular complexity index is 1400. The summed E-state index contributed by atoms with van der Waals surface area (Å²) in [6.45, 7) is 14.6. The van der Waals surface area contributed by atoms with Crippen molar-refractivity contribution in [3.05, 3.63) is 11.1 Å². The lowest BCUT2D eigenvalue weighted by atomic mass is 9.50. The van der Waals surface area contributed by atoms with Gasteiger partial charge in [-0.25, -0.2) is 14.4 Å². The molecule has 3 fully saturated rings. The Kier molecular flexibility index (Phi) is 25.3. The highest BCUT2D eigenvalue weighted by Gasteiger charge is 2.62. The van der Waals surface area contributed by atoms with Gasteiger partial charge in [0, 0.05) is 43.9 Å². The Hall–Kier alpha value is -3.10. The third-order valence-electron chi connectivity index (χ3n) is 14.6. The maximum absolute atomic E-state index is 13.6. The van der Waals surface area contributed by atoms with E-state index in [1.165, 1.54) is 62.5 Å². The summed E-state index contributed by atoms with van der Waals surface area (Å²) in [7, 11) is 0. The summed E-state index contributed by atoms with van der Waals surface area (Å²) >= 11 is 0. The summed E-state index contributed by atoms with van der Waals surface area (Å²) in [4.78, 5) is 53.1. The topological polar surface area (TPSA) is 222 Å². The minimum atomic E-state index is -0.548. The Balaban J connectivity index is 1.87. The number of hydrogen-bond donors (Lipinski definition) is 7. The van der Waals surface area contributed by atoms with Gasteiger partial charge in [-0.05, 0) is 127 Å². The maximum atomic E-state index is 13.6. The van der Waals surface area contributed by atoms with E-state index in [0.29, 0.717) is 110 Å². The number of nitrogens with two attached hydrogens (primary N) is 3. The zero-order valence-electron chi connectivity index (χ0n) is 40.3. The molecular formula is C49H91N7O7. The quantitative estimate of drug-likeness (QED) is 0.0249. The number of allylic oxidation sites excluding steroid dienone is 1. The minimum Gasteiger partial charge on any atom is -0.446 e. The number of carbonyl (C=O) groups excluding carboxylic acids is 4. The number of unbranched alkanes of at least 4 members (excludes halogenated alkanes) is 9. The lowest BCUT2D eigenvalue weighted by Gasteiger charge is -2.57. The molecule has 0 bridgehead atoms. The van der Waals surface area contributed by atoms with Crippen LogP contribution < -0.4 is 38.5 Å². The van der Waals surface area contributed by atoms with Crippen LogP contribution >= 0.6 is 0 Å². The summed E-state index contributed by atoms with van der Waals surface area (Å²) in [6.07, 6.45) is 18.7. The van der Waals surface area contributed by atoms with Crippen LogP contribution in [-0.4, -0.2) is 88.3 Å². The third kappa shape index (κ3) is 18.0. The van der Waals surface area contributed by atoms with Gasteiger partial charge in [-0.1, -0.05) is 96.6 Å². The van der Waals surface area contributed by atoms with Crippen molar-refractivity contribution in [1.82, 2.24) is 21.3 Å². The van der Waals surface area contributed by atoms with E-state index in [2.05, 4.69) is 55.9 Å². The molecule has 14 heteroatoms. The number of rotatable bonds is 26. The van der Waals surface area contributed by atoms with Gasteiger partial charge in [0.15, 0.2) is 0 Å². The highest BCUT2D eigenvalue weighted by molar-refractivity contribution is 5.76. The molecule has 4 amide bonds. The summed E-state index contributed by atoms with van der Waals surface area (Å²) < 4.78 is 19.0. The number of fused-ring (bicyclic) bond motifs is 3. The van der Waals surface area contributed by atoms with Crippen LogP contribution in [0.4, 0.5) is 14.4 Å². The van der Waals surface area contributed by atoms with Gasteiger partial charge in [-0.2, -0.15) is 0 Å². The van der Waals surface area contributed by atoms with Gasteiger partial charge in [0.05, 0.1) is 0 Å². The minimum absolute atomic E-state index is 0.00705. The predicted molar refractivity (Wildman–Crippen MR) is 252 cm³/mol. The highest BCUT2D eigenvalue weighted by Crippen LogP contribution is 2.64. The molecule has 2 unspecified atom stereocenters. The molecule has 63 heavy (non-hydrogen) atoms. The molecule has 7 atom stereocenters. The van der Waals surface area contributed by atoms with Gasteiger partial charge >= 0.3 is 18.3 Å². The smallest absolute Gasteiger partial charge is 0.407 e. The average Bonchev–Trinajstić information content (AvgIpc) is 3.61. The summed E-state index contributed by atoms with van der Waals surface area (Å²) in [5.74, 6) is 0.0821. The first-order valence-electron chi connectivity index (χ1n) is 25.2. The van der Waals surface area contributed by atoms with Gasteiger partial charge in [0.1, 0.15) is 18.3 Å². The molecule has 14 nitrogen and oxygen atoms in total. The molecule has 0 aromatic heterocycles. The van der Waals surface area contributed by atoms with Crippen LogP contribution in [0.2, 0.25) is 0 Å². The molecule has 3 saturated carbocycles. The fourth-order valence-corrected chi connectivity index (χ4v) is 10.9. The molecule has 0 aromatic carbocycles. The van der Waals surface area contributed by atoms with Gasteiger partial charge in [0.25, 0.3) is 0 Å². The second kappa shape index (κ2) is 29.4. The summed E-state index contributed by atoms with van der Waals surface area (Å²) in [5, 5.41) is 11.9. The number of ether oxygens (including phenoxy) is 3. The zero-order valence-corrected chi connectivity index (χ0v) is 40.3. The van der Waals surface area contributed by atoms with Crippen LogP contribution in [0.25, 0.3) is 0 Å². The van der Waals surface area contributed by atoms with Crippen molar-refractivity contribution in [2.45, 2.75) is 201 Å². The normalized spacial score (nSPS) is 26.3. The molecule has 0 saturated heterocycles. The van der Waals surface area contributed by atoms with Gasteiger partial charge in [0.2, 0.25) is 5.91 Å². The van der Waals surface area contributed by atoms with Crippen LogP contribution in [0, 0.1) is 28.6 Å². The lowest BCUT2D eigenvalue weighted by Crippen LogP contribution is -2.57. The zero-order chi connectivity index (χ0) is 46.1. The Morgan fingerprint density at radius 2 is 1.16 bits per heavy atom. The molecule has 0 spiro atoms. The molecule has 3 rings (SSSR count). The number of nitrogens with one attached hydrogen (secondary N) is 4. The molecular weight excluding hydrogens is 799 g/mol. The standard InChI is InChI=1S/C49H91N7O7/c1-6-7-8-9-10-11-12-13-14-15-31-53-43(57)25-22-36(2)38-23-24-39-44-40(35-42(49(38,39)5)63-47(60)56-34-19-30-52)48(3,4)27-26-37(61-45(58)54-32-17-28-50)20-16-21-41(44)62-46(59)55-33-18-29-51/h37,39-42,44H,6-35,50-52H2,1-5H3,(H,53,57)(H,54,58)(H,55,59)(H,56,60)/b38-36+/t37?,39-,40-,41+,42-,44?,49+/m0/s1. The van der Waals surface area contributed by atoms with E-state index < -0.39 is 35.9 Å². The number of hydrogen-bond acceptors (Lipinski definition) is 10. The first-order chi connectivity index (χ1) is 30.3. The number of carbonyl (C=O) groups is 4. The van der Waals surface area contributed by atoms with E-state index in [1.807, 2.05) is 0 Å². The van der Waals surface area contributed by atoms with Crippen molar-refractivity contribution < 1.29 is 33.4 Å². The monoisotopic (exact) mass is 890 g/mol.